The molecule has 0 spiro atoms. The predicted octanol–water partition coefficient (Wildman–Crippen LogP) is 4.82. The van der Waals surface area contributed by atoms with E-state index in [1.165, 1.54) is 0 Å². The number of nitrogens with one attached hydrogen (secondary N) is 2. The van der Waals surface area contributed by atoms with E-state index in [2.05, 4.69) is 17.6 Å². The molecule has 0 bridgehead atoms. The minimum atomic E-state index is -0.406. The average Bonchev–Trinajstić information content (AvgIpc) is 2.68. The minimum absolute atomic E-state index is 0.109. The quantitative estimate of drug-likeness (QED) is 0.808. The summed E-state index contributed by atoms with van der Waals surface area (Å²) < 4.78 is 10.9. The van der Waals surface area contributed by atoms with E-state index < -0.39 is 6.09 Å². The smallest absolute Gasteiger partial charge is 0.408 e. The van der Waals surface area contributed by atoms with E-state index >= 15 is 0 Å². The fraction of sp³-hybridized carbons (Fsp3) is 0.381. The van der Waals surface area contributed by atoms with Crippen molar-refractivity contribution in [2.75, 3.05) is 12.4 Å². The van der Waals surface area contributed by atoms with Gasteiger partial charge in [-0.1, -0.05) is 37.3 Å². The molecule has 3 atom stereocenters. The van der Waals surface area contributed by atoms with Crippen molar-refractivity contribution >= 4 is 11.8 Å². The zero-order valence-electron chi connectivity index (χ0n) is 15.5. The first kappa shape index (κ1) is 18.1. The van der Waals surface area contributed by atoms with Gasteiger partial charge in [0.2, 0.25) is 0 Å². The Morgan fingerprint density at radius 1 is 1.27 bits per heavy atom. The zero-order valence-corrected chi connectivity index (χ0v) is 15.5. The van der Waals surface area contributed by atoms with Gasteiger partial charge < -0.3 is 20.1 Å². The van der Waals surface area contributed by atoms with Crippen LogP contribution in [0.2, 0.25) is 0 Å². The summed E-state index contributed by atoms with van der Waals surface area (Å²) >= 11 is 0. The van der Waals surface area contributed by atoms with Crippen molar-refractivity contribution in [3.8, 4) is 5.75 Å². The third-order valence-electron chi connectivity index (χ3n) is 4.85. The molecule has 3 rings (SSSR count). The molecule has 5 nitrogen and oxygen atoms in total. The standard InChI is InChI=1S/C21H26N2O3/c1-4-16-12-20(18-13-17(25-3)10-11-19(18)22-16)23-21(24)26-14(2)15-8-6-5-7-9-15/h5-11,13-14,16,20,22H,4,12H2,1-3H3,(H,23,24)/t14-,16?,20?/m0/s1. The molecule has 1 heterocycles. The molecule has 1 aliphatic rings. The van der Waals surface area contributed by atoms with Gasteiger partial charge in [-0.05, 0) is 43.5 Å². The highest BCUT2D eigenvalue weighted by Crippen LogP contribution is 2.36. The van der Waals surface area contributed by atoms with Crippen molar-refractivity contribution in [2.45, 2.75) is 44.9 Å². The van der Waals surface area contributed by atoms with Crippen molar-refractivity contribution in [1.29, 1.82) is 0 Å². The molecular formula is C21H26N2O3. The lowest BCUT2D eigenvalue weighted by Gasteiger charge is -2.33. The van der Waals surface area contributed by atoms with Gasteiger partial charge in [0, 0.05) is 17.3 Å². The normalized spacial score (nSPS) is 19.7. The van der Waals surface area contributed by atoms with Crippen LogP contribution in [0.3, 0.4) is 0 Å². The third-order valence-corrected chi connectivity index (χ3v) is 4.85. The van der Waals surface area contributed by atoms with E-state index in [1.54, 1.807) is 7.11 Å². The molecule has 2 unspecified atom stereocenters. The number of anilines is 1. The third kappa shape index (κ3) is 4.10. The maximum Gasteiger partial charge on any atom is 0.408 e. The summed E-state index contributed by atoms with van der Waals surface area (Å²) in [6, 6.07) is 15.8. The highest BCUT2D eigenvalue weighted by atomic mass is 16.6. The zero-order chi connectivity index (χ0) is 18.5. The fourth-order valence-electron chi connectivity index (χ4n) is 3.31. The molecule has 0 fully saturated rings. The van der Waals surface area contributed by atoms with E-state index in [0.29, 0.717) is 6.04 Å². The number of fused-ring (bicyclic) bond motifs is 1. The second kappa shape index (κ2) is 8.13. The Balaban J connectivity index is 1.73. The Bertz CT molecular complexity index is 748. The number of amides is 1. The van der Waals surface area contributed by atoms with Gasteiger partial charge in [0.15, 0.2) is 0 Å². The predicted molar refractivity (Wildman–Crippen MR) is 103 cm³/mol. The summed E-state index contributed by atoms with van der Waals surface area (Å²) in [6.45, 7) is 4.02. The Hall–Kier alpha value is -2.69. The number of methoxy groups -OCH3 is 1. The molecule has 2 aromatic carbocycles. The van der Waals surface area contributed by atoms with Crippen LogP contribution in [0, 0.1) is 0 Å². The summed E-state index contributed by atoms with van der Waals surface area (Å²) in [5.41, 5.74) is 3.03. The van der Waals surface area contributed by atoms with Crippen LogP contribution in [0.1, 0.15) is 50.0 Å². The summed E-state index contributed by atoms with van der Waals surface area (Å²) in [5, 5.41) is 6.55. The highest BCUT2D eigenvalue weighted by molar-refractivity contribution is 5.70. The van der Waals surface area contributed by atoms with Gasteiger partial charge in [0.1, 0.15) is 11.9 Å². The summed E-state index contributed by atoms with van der Waals surface area (Å²) in [7, 11) is 1.64. The van der Waals surface area contributed by atoms with Crippen molar-refractivity contribution in [1.82, 2.24) is 5.32 Å². The molecule has 1 aliphatic heterocycles. The van der Waals surface area contributed by atoms with E-state index in [1.807, 2.05) is 55.5 Å². The number of carbonyl (C=O) groups excluding carboxylic acids is 1. The van der Waals surface area contributed by atoms with Crippen LogP contribution in [-0.2, 0) is 4.74 Å². The first-order valence-corrected chi connectivity index (χ1v) is 9.07. The Labute approximate surface area is 154 Å². The lowest BCUT2D eigenvalue weighted by molar-refractivity contribution is 0.103. The van der Waals surface area contributed by atoms with E-state index in [0.717, 1.165) is 35.4 Å². The number of hydrogen-bond donors (Lipinski definition) is 2. The van der Waals surface area contributed by atoms with Crippen LogP contribution in [0.4, 0.5) is 10.5 Å². The molecule has 5 heteroatoms. The van der Waals surface area contributed by atoms with Gasteiger partial charge in [-0.2, -0.15) is 0 Å². The van der Waals surface area contributed by atoms with Gasteiger partial charge >= 0.3 is 6.09 Å². The van der Waals surface area contributed by atoms with Crippen LogP contribution in [0.25, 0.3) is 0 Å². The van der Waals surface area contributed by atoms with E-state index in [-0.39, 0.29) is 12.1 Å². The Morgan fingerprint density at radius 3 is 2.73 bits per heavy atom. The maximum atomic E-state index is 12.5. The van der Waals surface area contributed by atoms with Crippen molar-refractivity contribution in [3.63, 3.8) is 0 Å². The second-order valence-corrected chi connectivity index (χ2v) is 6.59. The van der Waals surface area contributed by atoms with Crippen LogP contribution in [0.15, 0.2) is 48.5 Å². The lowest BCUT2D eigenvalue weighted by atomic mass is 9.91. The van der Waals surface area contributed by atoms with Gasteiger partial charge in [-0.15, -0.1) is 0 Å². The molecule has 0 aromatic heterocycles. The molecule has 2 aromatic rings. The number of carbonyl (C=O) groups is 1. The number of ether oxygens (including phenoxy) is 2. The van der Waals surface area contributed by atoms with Crippen LogP contribution >= 0.6 is 0 Å². The van der Waals surface area contributed by atoms with E-state index in [9.17, 15) is 4.79 Å². The fourth-order valence-corrected chi connectivity index (χ4v) is 3.31. The SMILES string of the molecule is CCC1CC(NC(=O)O[C@@H](C)c2ccccc2)c2cc(OC)ccc2N1. The van der Waals surface area contributed by atoms with E-state index in [4.69, 9.17) is 9.47 Å². The van der Waals surface area contributed by atoms with Gasteiger partial charge in [0.25, 0.3) is 0 Å². The molecular weight excluding hydrogens is 328 g/mol. The van der Waals surface area contributed by atoms with Crippen molar-refractivity contribution < 1.29 is 14.3 Å². The summed E-state index contributed by atoms with van der Waals surface area (Å²) in [4.78, 5) is 12.5. The van der Waals surface area contributed by atoms with Crippen LogP contribution < -0.4 is 15.4 Å². The van der Waals surface area contributed by atoms with Crippen molar-refractivity contribution in [3.05, 3.63) is 59.7 Å². The number of alkyl carbamates (subject to hydrolysis) is 1. The number of hydrogen-bond acceptors (Lipinski definition) is 4. The van der Waals surface area contributed by atoms with Crippen molar-refractivity contribution in [2.24, 2.45) is 0 Å². The molecule has 138 valence electrons. The molecule has 26 heavy (non-hydrogen) atoms. The molecule has 0 radical (unpaired) electrons. The molecule has 0 aliphatic carbocycles. The monoisotopic (exact) mass is 354 g/mol. The Morgan fingerprint density at radius 2 is 2.04 bits per heavy atom. The minimum Gasteiger partial charge on any atom is -0.497 e. The lowest BCUT2D eigenvalue weighted by Crippen LogP contribution is -2.37. The number of rotatable bonds is 5. The summed E-state index contributed by atoms with van der Waals surface area (Å²) in [6.07, 6.45) is 1.09. The molecule has 0 saturated heterocycles. The largest absolute Gasteiger partial charge is 0.497 e. The van der Waals surface area contributed by atoms with Gasteiger partial charge in [-0.25, -0.2) is 4.79 Å². The second-order valence-electron chi connectivity index (χ2n) is 6.59. The van der Waals surface area contributed by atoms with Crippen LogP contribution in [-0.4, -0.2) is 19.2 Å². The highest BCUT2D eigenvalue weighted by Gasteiger charge is 2.28. The molecule has 0 saturated carbocycles. The number of benzene rings is 2. The first-order chi connectivity index (χ1) is 12.6. The van der Waals surface area contributed by atoms with Crippen LogP contribution in [0.5, 0.6) is 5.75 Å². The Kier molecular flexibility index (Phi) is 5.66. The first-order valence-electron chi connectivity index (χ1n) is 9.07. The maximum absolute atomic E-state index is 12.5. The summed E-state index contributed by atoms with van der Waals surface area (Å²) in [5.74, 6) is 0.776. The van der Waals surface area contributed by atoms with Gasteiger partial charge in [0.05, 0.1) is 13.2 Å². The molecule has 1 amide bonds. The topological polar surface area (TPSA) is 59.6 Å². The average molecular weight is 354 g/mol. The molecule has 2 N–H and O–H groups in total. The van der Waals surface area contributed by atoms with Gasteiger partial charge in [-0.3, -0.25) is 0 Å².